The van der Waals surface area contributed by atoms with E-state index in [9.17, 15) is 19.8 Å². The van der Waals surface area contributed by atoms with E-state index in [1.165, 1.54) is 13.0 Å². The monoisotopic (exact) mass is 350 g/mol. The number of aliphatic hydroxyl groups excluding tert-OH is 2. The lowest BCUT2D eigenvalue weighted by Crippen LogP contribution is -2.19. The summed E-state index contributed by atoms with van der Waals surface area (Å²) in [6.07, 6.45) is -1.73. The van der Waals surface area contributed by atoms with Crippen molar-refractivity contribution < 1.29 is 29.3 Å². The molecule has 1 heterocycles. The van der Waals surface area contributed by atoms with Crippen LogP contribution in [0.25, 0.3) is 11.3 Å². The van der Waals surface area contributed by atoms with Crippen LogP contribution in [0, 0.1) is 0 Å². The molecule has 0 saturated carbocycles. The van der Waals surface area contributed by atoms with Crippen LogP contribution >= 0.6 is 11.8 Å². The molecule has 1 aromatic heterocycles. The molecule has 0 saturated heterocycles. The van der Waals surface area contributed by atoms with E-state index in [1.54, 1.807) is 30.3 Å². The van der Waals surface area contributed by atoms with E-state index in [0.717, 1.165) is 11.8 Å². The van der Waals surface area contributed by atoms with Gasteiger partial charge in [0, 0.05) is 18.2 Å². The van der Waals surface area contributed by atoms with Gasteiger partial charge in [0.15, 0.2) is 5.12 Å². The molecule has 2 unspecified atom stereocenters. The summed E-state index contributed by atoms with van der Waals surface area (Å²) in [6, 6.07) is 9.58. The third-order valence-corrected chi connectivity index (χ3v) is 4.28. The van der Waals surface area contributed by atoms with Crippen LogP contribution in [0.4, 0.5) is 0 Å². The molecule has 6 nitrogen and oxygen atoms in total. The molecule has 0 spiro atoms. The summed E-state index contributed by atoms with van der Waals surface area (Å²) in [5.41, 5.74) is 1.20. The number of aromatic carboxylic acids is 1. The van der Waals surface area contributed by atoms with Crippen molar-refractivity contribution in [3.63, 3.8) is 0 Å². The van der Waals surface area contributed by atoms with Gasteiger partial charge in [-0.2, -0.15) is 0 Å². The first-order valence-corrected chi connectivity index (χ1v) is 8.30. The first kappa shape index (κ1) is 18.3. The van der Waals surface area contributed by atoms with Crippen molar-refractivity contribution in [3.05, 3.63) is 47.7 Å². The lowest BCUT2D eigenvalue weighted by Gasteiger charge is -2.18. The highest BCUT2D eigenvalue weighted by Crippen LogP contribution is 2.26. The van der Waals surface area contributed by atoms with Gasteiger partial charge in [-0.1, -0.05) is 36.0 Å². The van der Waals surface area contributed by atoms with Gasteiger partial charge in [-0.15, -0.1) is 0 Å². The maximum atomic E-state index is 10.9. The fraction of sp³-hybridized carbons (Fsp3) is 0.294. The van der Waals surface area contributed by atoms with Crippen molar-refractivity contribution >= 4 is 22.8 Å². The minimum Gasteiger partial charge on any atom is -0.475 e. The molecule has 0 aliphatic carbocycles. The minimum atomic E-state index is -1.14. The highest BCUT2D eigenvalue weighted by Gasteiger charge is 2.19. The lowest BCUT2D eigenvalue weighted by molar-refractivity contribution is -0.109. The van der Waals surface area contributed by atoms with Crippen LogP contribution in [0.2, 0.25) is 0 Å². The molecule has 2 rings (SSSR count). The van der Waals surface area contributed by atoms with Gasteiger partial charge < -0.3 is 19.7 Å². The Morgan fingerprint density at radius 2 is 1.79 bits per heavy atom. The smallest absolute Gasteiger partial charge is 0.371 e. The number of carbonyl (C=O) groups is 2. The number of thioether (sulfide) groups is 1. The Morgan fingerprint density at radius 3 is 2.33 bits per heavy atom. The number of carbonyl (C=O) groups excluding carboxylic acids is 1. The summed E-state index contributed by atoms with van der Waals surface area (Å²) < 4.78 is 5.21. The summed E-state index contributed by atoms with van der Waals surface area (Å²) >= 11 is 1.11. The highest BCUT2D eigenvalue weighted by molar-refractivity contribution is 8.13. The van der Waals surface area contributed by atoms with Gasteiger partial charge in [0.2, 0.25) is 5.76 Å². The Hall–Kier alpha value is -2.09. The van der Waals surface area contributed by atoms with Gasteiger partial charge in [0.25, 0.3) is 0 Å². The molecule has 24 heavy (non-hydrogen) atoms. The van der Waals surface area contributed by atoms with Crippen molar-refractivity contribution in [2.24, 2.45) is 0 Å². The van der Waals surface area contributed by atoms with Crippen LogP contribution in [0.3, 0.4) is 0 Å². The Kier molecular flexibility index (Phi) is 6.19. The number of benzene rings is 1. The molecule has 0 bridgehead atoms. The third-order valence-electron chi connectivity index (χ3n) is 3.44. The van der Waals surface area contributed by atoms with Gasteiger partial charge in [0.05, 0.1) is 6.10 Å². The fourth-order valence-electron chi connectivity index (χ4n) is 2.16. The second-order valence-electron chi connectivity index (χ2n) is 5.23. The van der Waals surface area contributed by atoms with Crippen LogP contribution in [-0.2, 0) is 4.79 Å². The van der Waals surface area contributed by atoms with E-state index in [2.05, 4.69) is 0 Å². The molecule has 0 amide bonds. The largest absolute Gasteiger partial charge is 0.475 e. The van der Waals surface area contributed by atoms with E-state index in [-0.39, 0.29) is 10.9 Å². The second-order valence-corrected chi connectivity index (χ2v) is 6.50. The molecular formula is C17H18O6S. The Morgan fingerprint density at radius 1 is 1.12 bits per heavy atom. The van der Waals surface area contributed by atoms with Gasteiger partial charge in [-0.3, -0.25) is 4.79 Å². The van der Waals surface area contributed by atoms with Crippen LogP contribution in [0.15, 0.2) is 40.8 Å². The third kappa shape index (κ3) is 4.70. The molecule has 1 aromatic carbocycles. The van der Waals surface area contributed by atoms with E-state index in [4.69, 9.17) is 9.52 Å². The topological polar surface area (TPSA) is 108 Å². The number of carboxylic acids is 1. The van der Waals surface area contributed by atoms with Crippen molar-refractivity contribution in [2.45, 2.75) is 25.6 Å². The number of furan rings is 1. The minimum absolute atomic E-state index is 0.0276. The van der Waals surface area contributed by atoms with E-state index in [1.807, 2.05) is 0 Å². The lowest BCUT2D eigenvalue weighted by atomic mass is 10.0. The molecule has 2 atom stereocenters. The van der Waals surface area contributed by atoms with Gasteiger partial charge in [0.1, 0.15) is 11.9 Å². The first-order valence-electron chi connectivity index (χ1n) is 7.31. The predicted molar refractivity (Wildman–Crippen MR) is 89.8 cm³/mol. The SMILES string of the molecule is CC(=O)SCCC(O)C(O)c1ccc(-c2ccc(C(=O)O)o2)cc1. The molecule has 128 valence electrons. The van der Waals surface area contributed by atoms with E-state index >= 15 is 0 Å². The Bertz CT molecular complexity index is 706. The van der Waals surface area contributed by atoms with Gasteiger partial charge in [-0.05, 0) is 24.1 Å². The van der Waals surface area contributed by atoms with Crippen LogP contribution in [0.1, 0.15) is 35.6 Å². The molecule has 0 radical (unpaired) electrons. The van der Waals surface area contributed by atoms with E-state index < -0.39 is 18.2 Å². The molecule has 0 aliphatic heterocycles. The average Bonchev–Trinajstić information content (AvgIpc) is 3.04. The van der Waals surface area contributed by atoms with Crippen molar-refractivity contribution in [3.8, 4) is 11.3 Å². The zero-order chi connectivity index (χ0) is 17.7. The standard InChI is InChI=1S/C17H18O6S/c1-10(18)24-9-8-13(19)16(20)12-4-2-11(3-5-12)14-6-7-15(23-14)17(21)22/h2-7,13,16,19-20H,8-9H2,1H3,(H,21,22). The number of hydrogen-bond acceptors (Lipinski definition) is 6. The zero-order valence-electron chi connectivity index (χ0n) is 13.0. The Balaban J connectivity index is 2.02. The van der Waals surface area contributed by atoms with Crippen molar-refractivity contribution in [1.82, 2.24) is 0 Å². The first-order chi connectivity index (χ1) is 11.4. The number of carboxylic acid groups (broad SMARTS) is 1. The molecule has 3 N–H and O–H groups in total. The number of hydrogen-bond donors (Lipinski definition) is 3. The summed E-state index contributed by atoms with van der Waals surface area (Å²) in [6.45, 7) is 1.45. The molecule has 2 aromatic rings. The highest BCUT2D eigenvalue weighted by atomic mass is 32.2. The summed E-state index contributed by atoms with van der Waals surface area (Å²) in [7, 11) is 0. The maximum Gasteiger partial charge on any atom is 0.371 e. The molecule has 0 aliphatic rings. The summed E-state index contributed by atoms with van der Waals surface area (Å²) in [4.78, 5) is 21.7. The normalized spacial score (nSPS) is 13.5. The summed E-state index contributed by atoms with van der Waals surface area (Å²) in [5.74, 6) is -0.435. The van der Waals surface area contributed by atoms with Crippen molar-refractivity contribution in [2.75, 3.05) is 5.75 Å². The van der Waals surface area contributed by atoms with Gasteiger partial charge >= 0.3 is 5.97 Å². The quantitative estimate of drug-likeness (QED) is 0.704. The second kappa shape index (κ2) is 8.14. The average molecular weight is 350 g/mol. The maximum absolute atomic E-state index is 10.9. The predicted octanol–water partition coefficient (Wildman–Crippen LogP) is 2.71. The number of rotatable bonds is 7. The van der Waals surface area contributed by atoms with E-state index in [0.29, 0.717) is 29.1 Å². The molecular weight excluding hydrogens is 332 g/mol. The van der Waals surface area contributed by atoms with Crippen LogP contribution < -0.4 is 0 Å². The molecule has 0 fully saturated rings. The summed E-state index contributed by atoms with van der Waals surface area (Å²) in [5, 5.41) is 28.9. The Labute approximate surface area is 143 Å². The molecule has 7 heteroatoms. The van der Waals surface area contributed by atoms with Crippen LogP contribution in [-0.4, -0.2) is 38.3 Å². The number of aliphatic hydroxyl groups is 2. The van der Waals surface area contributed by atoms with Gasteiger partial charge in [-0.25, -0.2) is 4.79 Å². The fourth-order valence-corrected chi connectivity index (χ4v) is 2.80. The van der Waals surface area contributed by atoms with Crippen molar-refractivity contribution in [1.29, 1.82) is 0 Å². The van der Waals surface area contributed by atoms with Crippen LogP contribution in [0.5, 0.6) is 0 Å². The zero-order valence-corrected chi connectivity index (χ0v) is 13.8.